The molecule has 0 fully saturated rings. The molecule has 0 saturated carbocycles. The van der Waals surface area contributed by atoms with Crippen molar-refractivity contribution >= 4 is 35.2 Å². The third-order valence-electron chi connectivity index (χ3n) is 5.73. The number of aromatic amines is 1. The highest BCUT2D eigenvalue weighted by Gasteiger charge is 2.39. The van der Waals surface area contributed by atoms with Crippen LogP contribution in [0.25, 0.3) is 10.9 Å². The standard InChI is InChI=1S/C21H30N2O4.ClH/c1-5-21(6-2,18(19(24)25)20(26)27)13-15-14-9-7-8-10-16(14)22-17(15)11-12-23(3)4;/h7-10,18,22H,5-6,11-13H2,1-4H3,(H,24,25)(H,26,27);1H/p-2. The molecule has 1 aromatic heterocycles. The molecule has 1 aromatic carbocycles. The first-order chi connectivity index (χ1) is 12.8. The summed E-state index contributed by atoms with van der Waals surface area (Å²) in [4.78, 5) is 28.8. The van der Waals surface area contributed by atoms with Gasteiger partial charge >= 0.3 is 0 Å². The molecule has 28 heavy (non-hydrogen) atoms. The Morgan fingerprint density at radius 1 is 1.11 bits per heavy atom. The number of fused-ring (bicyclic) bond motifs is 1. The molecule has 156 valence electrons. The summed E-state index contributed by atoms with van der Waals surface area (Å²) in [6.07, 6.45) is 1.92. The Bertz CT molecular complexity index is 798. The maximum atomic E-state index is 11.7. The Morgan fingerprint density at radius 3 is 2.18 bits per heavy atom. The number of carboxylic acids is 2. The van der Waals surface area contributed by atoms with Crippen molar-refractivity contribution in [1.82, 2.24) is 9.88 Å². The smallest absolute Gasteiger partial charge is 0.0507 e. The van der Waals surface area contributed by atoms with E-state index in [1.54, 1.807) is 0 Å². The van der Waals surface area contributed by atoms with Gasteiger partial charge in [0.15, 0.2) is 0 Å². The molecular weight excluding hydrogens is 380 g/mol. The van der Waals surface area contributed by atoms with Crippen LogP contribution in [0.4, 0.5) is 0 Å². The highest BCUT2D eigenvalue weighted by molar-refractivity contribution is 5.92. The van der Waals surface area contributed by atoms with Gasteiger partial charge in [-0.05, 0) is 50.4 Å². The number of benzene rings is 1. The van der Waals surface area contributed by atoms with Crippen LogP contribution in [0.3, 0.4) is 0 Å². The van der Waals surface area contributed by atoms with Gasteiger partial charge in [-0.1, -0.05) is 32.0 Å². The van der Waals surface area contributed by atoms with Crippen molar-refractivity contribution in [3.63, 3.8) is 0 Å². The molecule has 2 aromatic rings. The van der Waals surface area contributed by atoms with Crippen LogP contribution in [0.5, 0.6) is 0 Å². The monoisotopic (exact) mass is 408 g/mol. The van der Waals surface area contributed by atoms with Crippen molar-refractivity contribution in [2.45, 2.75) is 39.5 Å². The molecule has 0 aliphatic heterocycles. The highest BCUT2D eigenvalue weighted by atomic mass is 35.5. The highest BCUT2D eigenvalue weighted by Crippen LogP contribution is 2.41. The molecule has 0 spiro atoms. The van der Waals surface area contributed by atoms with E-state index < -0.39 is 23.3 Å². The number of carbonyl (C=O) groups excluding carboxylic acids is 2. The predicted octanol–water partition coefficient (Wildman–Crippen LogP) is 1.16. The predicted molar refractivity (Wildman–Crippen MR) is 108 cm³/mol. The number of rotatable bonds is 10. The molecular formula is C21H29ClN2O4-2. The lowest BCUT2D eigenvalue weighted by molar-refractivity contribution is -0.337. The number of nitrogens with one attached hydrogen (secondary N) is 1. The Balaban J connectivity index is 0.00000392. The van der Waals surface area contributed by atoms with Gasteiger partial charge in [0.1, 0.15) is 0 Å². The molecule has 7 heteroatoms. The summed E-state index contributed by atoms with van der Waals surface area (Å²) in [5, 5.41) is 24.3. The fourth-order valence-corrected chi connectivity index (χ4v) is 3.97. The minimum absolute atomic E-state index is 0. The van der Waals surface area contributed by atoms with Gasteiger partial charge in [0, 0.05) is 35.5 Å². The summed E-state index contributed by atoms with van der Waals surface area (Å²) >= 11 is 0. The molecule has 0 aliphatic carbocycles. The van der Waals surface area contributed by atoms with Crippen LogP contribution in [0.15, 0.2) is 24.3 Å². The topological polar surface area (TPSA) is 99.3 Å². The second kappa shape index (κ2) is 9.94. The summed E-state index contributed by atoms with van der Waals surface area (Å²) in [5.41, 5.74) is 2.02. The number of hydrogen-bond donors (Lipinski definition) is 1. The van der Waals surface area contributed by atoms with Crippen LogP contribution in [-0.4, -0.2) is 42.5 Å². The lowest BCUT2D eigenvalue weighted by Crippen LogP contribution is -2.53. The summed E-state index contributed by atoms with van der Waals surface area (Å²) in [7, 11) is 3.99. The van der Waals surface area contributed by atoms with E-state index in [-0.39, 0.29) is 12.4 Å². The van der Waals surface area contributed by atoms with Crippen molar-refractivity contribution in [1.29, 1.82) is 0 Å². The molecule has 2 rings (SSSR count). The number of nitrogens with zero attached hydrogens (tertiary/aromatic N) is 1. The minimum atomic E-state index is -1.65. The second-order valence-electron chi connectivity index (χ2n) is 7.50. The maximum absolute atomic E-state index is 11.7. The van der Waals surface area contributed by atoms with E-state index in [1.165, 1.54) is 0 Å². The zero-order chi connectivity index (χ0) is 20.2. The molecule has 1 heterocycles. The van der Waals surface area contributed by atoms with Crippen molar-refractivity contribution < 1.29 is 19.8 Å². The number of aromatic nitrogens is 1. The average Bonchev–Trinajstić information content (AvgIpc) is 2.96. The lowest BCUT2D eigenvalue weighted by Gasteiger charge is -2.41. The first-order valence-corrected chi connectivity index (χ1v) is 9.40. The van der Waals surface area contributed by atoms with Gasteiger partial charge in [0.2, 0.25) is 0 Å². The van der Waals surface area contributed by atoms with Gasteiger partial charge in [0.05, 0.1) is 11.9 Å². The van der Waals surface area contributed by atoms with Crippen LogP contribution in [0, 0.1) is 11.3 Å². The molecule has 0 radical (unpaired) electrons. The van der Waals surface area contributed by atoms with Gasteiger partial charge in [0.25, 0.3) is 0 Å². The normalized spacial score (nSPS) is 11.8. The van der Waals surface area contributed by atoms with Gasteiger partial charge in [-0.25, -0.2) is 0 Å². The first kappa shape index (κ1) is 24.0. The molecule has 0 saturated heterocycles. The first-order valence-electron chi connectivity index (χ1n) is 9.40. The fourth-order valence-electron chi connectivity index (χ4n) is 3.97. The van der Waals surface area contributed by atoms with Crippen molar-refractivity contribution in [3.05, 3.63) is 35.5 Å². The fraction of sp³-hybridized carbons (Fsp3) is 0.524. The molecule has 0 aliphatic rings. The number of likely N-dealkylation sites (N-methyl/N-ethyl adjacent to an activating group) is 1. The van der Waals surface area contributed by atoms with Gasteiger partial charge in [-0.2, -0.15) is 0 Å². The molecule has 0 atom stereocenters. The van der Waals surface area contributed by atoms with Crippen LogP contribution in [-0.2, 0) is 22.4 Å². The minimum Gasteiger partial charge on any atom is -0.549 e. The Morgan fingerprint density at radius 2 is 1.68 bits per heavy atom. The SMILES string of the molecule is CCC(CC)(Cc1c(CCN(C)C)[nH]c2ccccc12)C(C(=O)[O-])C(=O)[O-].Cl. The lowest BCUT2D eigenvalue weighted by atomic mass is 9.67. The van der Waals surface area contributed by atoms with Crippen molar-refractivity contribution in [2.24, 2.45) is 11.3 Å². The number of H-pyrrole nitrogens is 1. The number of para-hydroxylation sites is 1. The Labute approximate surface area is 172 Å². The van der Waals surface area contributed by atoms with Crippen LogP contribution in [0.2, 0.25) is 0 Å². The van der Waals surface area contributed by atoms with Gasteiger partial charge in [-0.3, -0.25) is 0 Å². The average molecular weight is 409 g/mol. The molecule has 6 nitrogen and oxygen atoms in total. The van der Waals surface area contributed by atoms with E-state index in [0.29, 0.717) is 19.3 Å². The summed E-state index contributed by atoms with van der Waals surface area (Å²) < 4.78 is 0. The van der Waals surface area contributed by atoms with Crippen LogP contribution in [0.1, 0.15) is 37.9 Å². The largest absolute Gasteiger partial charge is 0.549 e. The van der Waals surface area contributed by atoms with E-state index >= 15 is 0 Å². The second-order valence-corrected chi connectivity index (χ2v) is 7.50. The number of aliphatic carboxylic acids is 2. The Hall–Kier alpha value is -2.05. The number of carbonyl (C=O) groups is 2. The van der Waals surface area contributed by atoms with E-state index in [4.69, 9.17) is 0 Å². The van der Waals surface area contributed by atoms with Gasteiger partial charge < -0.3 is 29.7 Å². The summed E-state index contributed by atoms with van der Waals surface area (Å²) in [6.45, 7) is 4.49. The van der Waals surface area contributed by atoms with E-state index in [1.807, 2.05) is 52.2 Å². The third-order valence-corrected chi connectivity index (χ3v) is 5.73. The zero-order valence-electron chi connectivity index (χ0n) is 16.9. The zero-order valence-corrected chi connectivity index (χ0v) is 17.7. The van der Waals surface area contributed by atoms with E-state index in [2.05, 4.69) is 9.88 Å². The number of carboxylic acid groups (broad SMARTS) is 2. The van der Waals surface area contributed by atoms with E-state index in [9.17, 15) is 19.8 Å². The number of halogens is 1. The maximum Gasteiger partial charge on any atom is 0.0507 e. The van der Waals surface area contributed by atoms with Crippen molar-refractivity contribution in [3.8, 4) is 0 Å². The van der Waals surface area contributed by atoms with Crippen molar-refractivity contribution in [2.75, 3.05) is 20.6 Å². The quantitative estimate of drug-likeness (QED) is 0.594. The van der Waals surface area contributed by atoms with Crippen LogP contribution >= 0.6 is 12.4 Å². The molecule has 0 bridgehead atoms. The Kier molecular flexibility index (Phi) is 8.51. The van der Waals surface area contributed by atoms with Crippen LogP contribution < -0.4 is 10.2 Å². The summed E-state index contributed by atoms with van der Waals surface area (Å²) in [5.74, 6) is -4.80. The molecule has 0 amide bonds. The van der Waals surface area contributed by atoms with E-state index in [0.717, 1.165) is 35.1 Å². The third kappa shape index (κ3) is 4.86. The van der Waals surface area contributed by atoms with Gasteiger partial charge in [-0.15, -0.1) is 12.4 Å². The summed E-state index contributed by atoms with van der Waals surface area (Å²) in [6, 6.07) is 7.84. The number of hydrogen-bond acceptors (Lipinski definition) is 5. The molecule has 1 N–H and O–H groups in total. The molecule has 0 unspecified atom stereocenters.